The predicted molar refractivity (Wildman–Crippen MR) is 126 cm³/mol. The molecule has 1 aliphatic carbocycles. The average Bonchev–Trinajstić information content (AvgIpc) is 3.39. The first kappa shape index (κ1) is 24.3. The Bertz CT molecular complexity index is 1060. The first-order valence-corrected chi connectivity index (χ1v) is 12.9. The van der Waals surface area contributed by atoms with Crippen LogP contribution >= 0.6 is 0 Å². The van der Waals surface area contributed by atoms with Gasteiger partial charge < -0.3 is 14.8 Å². The van der Waals surface area contributed by atoms with E-state index in [1.165, 1.54) is 0 Å². The third kappa shape index (κ3) is 6.34. The number of aromatic nitrogens is 2. The molecule has 1 N–H and O–H groups in total. The predicted octanol–water partition coefficient (Wildman–Crippen LogP) is 4.29. The lowest BCUT2D eigenvalue weighted by Crippen LogP contribution is -2.49. The molecular formula is C24H36N4O3S. The highest BCUT2D eigenvalue weighted by Crippen LogP contribution is 2.30. The summed E-state index contributed by atoms with van der Waals surface area (Å²) in [6.07, 6.45) is 3.55. The summed E-state index contributed by atoms with van der Waals surface area (Å²) in [6.45, 7) is 12.8. The molecule has 2 amide bonds. The topological polar surface area (TPSA) is 84.3 Å². The third-order valence-corrected chi connectivity index (χ3v) is 6.82. The number of benzene rings is 1. The first-order chi connectivity index (χ1) is 14.9. The highest BCUT2D eigenvalue weighted by Gasteiger charge is 2.35. The molecule has 3 rings (SSSR count). The zero-order chi connectivity index (χ0) is 23.7. The number of carbonyl (C=O) groups is 1. The number of aryl methyl sites for hydroxylation is 1. The van der Waals surface area contributed by atoms with Crippen molar-refractivity contribution in [3.05, 3.63) is 47.3 Å². The van der Waals surface area contributed by atoms with Gasteiger partial charge in [-0.1, -0.05) is 43.7 Å². The summed E-state index contributed by atoms with van der Waals surface area (Å²) >= 11 is 0. The minimum atomic E-state index is -3.64. The molecule has 8 heteroatoms. The summed E-state index contributed by atoms with van der Waals surface area (Å²) in [5.74, 6) is 0.133. The van der Waals surface area contributed by atoms with E-state index in [0.717, 1.165) is 29.7 Å². The molecule has 0 saturated heterocycles. The molecule has 1 heterocycles. The van der Waals surface area contributed by atoms with Crippen molar-refractivity contribution in [3.63, 3.8) is 0 Å². The van der Waals surface area contributed by atoms with E-state index in [-0.39, 0.29) is 34.4 Å². The summed E-state index contributed by atoms with van der Waals surface area (Å²) in [4.78, 5) is 19.1. The van der Waals surface area contributed by atoms with Crippen molar-refractivity contribution in [2.75, 3.05) is 0 Å². The molecular weight excluding hydrogens is 424 g/mol. The Hall–Kier alpha value is -2.35. The van der Waals surface area contributed by atoms with Crippen molar-refractivity contribution in [2.24, 2.45) is 5.92 Å². The van der Waals surface area contributed by atoms with Crippen molar-refractivity contribution in [3.8, 4) is 0 Å². The highest BCUT2D eigenvalue weighted by atomic mass is 32.2. The van der Waals surface area contributed by atoms with Gasteiger partial charge in [-0.2, -0.15) is 0 Å². The molecule has 176 valence electrons. The molecule has 0 aliphatic heterocycles. The minimum Gasteiger partial charge on any atom is -0.333 e. The molecule has 1 aromatic heterocycles. The number of urea groups is 1. The van der Waals surface area contributed by atoms with Crippen LogP contribution in [0.25, 0.3) is 0 Å². The Kier molecular flexibility index (Phi) is 7.03. The summed E-state index contributed by atoms with van der Waals surface area (Å²) in [5, 5.41) is 3.11. The van der Waals surface area contributed by atoms with Crippen molar-refractivity contribution in [2.45, 2.75) is 90.0 Å². The van der Waals surface area contributed by atoms with E-state index in [9.17, 15) is 13.2 Å². The van der Waals surface area contributed by atoms with Gasteiger partial charge in [-0.25, -0.2) is 18.2 Å². The van der Waals surface area contributed by atoms with Gasteiger partial charge in [0.2, 0.25) is 15.0 Å². The second-order valence-corrected chi connectivity index (χ2v) is 12.2. The maximum atomic E-state index is 13.3. The van der Waals surface area contributed by atoms with Crippen LogP contribution < -0.4 is 5.32 Å². The highest BCUT2D eigenvalue weighted by molar-refractivity contribution is 7.90. The molecule has 1 aliphatic rings. The number of rotatable bonds is 8. The normalized spacial score (nSPS) is 14.6. The van der Waals surface area contributed by atoms with Crippen LogP contribution in [0, 0.1) is 12.8 Å². The molecule has 0 unspecified atom stereocenters. The SMILES string of the molecule is Cc1cccc(CS(=O)(=O)c2ncc(CN(C(=O)NC(C)(C)C)C3CC3)n2CC(C)C)c1. The summed E-state index contributed by atoms with van der Waals surface area (Å²) < 4.78 is 28.4. The van der Waals surface area contributed by atoms with Crippen LogP contribution in [-0.2, 0) is 28.7 Å². The van der Waals surface area contributed by atoms with Crippen LogP contribution in [0.5, 0.6) is 0 Å². The molecule has 0 spiro atoms. The van der Waals surface area contributed by atoms with Crippen molar-refractivity contribution in [1.29, 1.82) is 0 Å². The lowest BCUT2D eigenvalue weighted by atomic mass is 10.1. The van der Waals surface area contributed by atoms with Crippen LogP contribution in [-0.4, -0.2) is 40.5 Å². The largest absolute Gasteiger partial charge is 0.333 e. The summed E-state index contributed by atoms with van der Waals surface area (Å²) in [5.41, 5.74) is 2.17. The van der Waals surface area contributed by atoms with E-state index in [1.807, 2.05) is 70.7 Å². The first-order valence-electron chi connectivity index (χ1n) is 11.3. The average molecular weight is 461 g/mol. The second-order valence-electron chi connectivity index (χ2n) is 10.3. The fourth-order valence-electron chi connectivity index (χ4n) is 3.73. The van der Waals surface area contributed by atoms with E-state index in [4.69, 9.17) is 0 Å². The molecule has 0 bridgehead atoms. The smallest absolute Gasteiger partial charge is 0.318 e. The van der Waals surface area contributed by atoms with E-state index in [1.54, 1.807) is 10.8 Å². The van der Waals surface area contributed by atoms with Gasteiger partial charge in [0.15, 0.2) is 0 Å². The zero-order valence-corrected chi connectivity index (χ0v) is 20.9. The Labute approximate surface area is 192 Å². The van der Waals surface area contributed by atoms with Gasteiger partial charge >= 0.3 is 6.03 Å². The van der Waals surface area contributed by atoms with Crippen molar-refractivity contribution in [1.82, 2.24) is 19.8 Å². The molecule has 1 aromatic carbocycles. The van der Waals surface area contributed by atoms with E-state index >= 15 is 0 Å². The van der Waals surface area contributed by atoms with Gasteiger partial charge in [-0.3, -0.25) is 0 Å². The Morgan fingerprint density at radius 1 is 1.28 bits per heavy atom. The molecule has 0 radical (unpaired) electrons. The molecule has 32 heavy (non-hydrogen) atoms. The Morgan fingerprint density at radius 3 is 2.53 bits per heavy atom. The molecule has 7 nitrogen and oxygen atoms in total. The minimum absolute atomic E-state index is 0.0784. The van der Waals surface area contributed by atoms with Crippen LogP contribution in [0.4, 0.5) is 4.79 Å². The summed E-state index contributed by atoms with van der Waals surface area (Å²) in [7, 11) is -3.64. The zero-order valence-electron chi connectivity index (χ0n) is 20.1. The molecule has 0 atom stereocenters. The number of amides is 2. The lowest BCUT2D eigenvalue weighted by Gasteiger charge is -2.29. The Morgan fingerprint density at radius 2 is 1.97 bits per heavy atom. The van der Waals surface area contributed by atoms with E-state index in [0.29, 0.717) is 13.1 Å². The van der Waals surface area contributed by atoms with Gasteiger partial charge in [0.25, 0.3) is 0 Å². The number of nitrogens with zero attached hydrogens (tertiary/aromatic N) is 3. The number of imidazole rings is 1. The number of hydrogen-bond donors (Lipinski definition) is 1. The van der Waals surface area contributed by atoms with Crippen molar-refractivity contribution < 1.29 is 13.2 Å². The number of sulfone groups is 1. The maximum absolute atomic E-state index is 13.3. The number of carbonyl (C=O) groups excluding carboxylic acids is 1. The standard InChI is InChI=1S/C24H36N4O3S/c1-17(2)14-28-21(15-27(20-10-11-20)22(29)26-24(4,5)6)13-25-23(28)32(30,31)16-19-9-7-8-18(3)12-19/h7-9,12-13,17,20H,10-11,14-16H2,1-6H3,(H,26,29). The lowest BCUT2D eigenvalue weighted by molar-refractivity contribution is 0.181. The van der Waals surface area contributed by atoms with Crippen molar-refractivity contribution >= 4 is 15.9 Å². The third-order valence-electron chi connectivity index (χ3n) is 5.23. The van der Waals surface area contributed by atoms with Gasteiger partial charge in [-0.15, -0.1) is 0 Å². The fourth-order valence-corrected chi connectivity index (χ4v) is 5.22. The van der Waals surface area contributed by atoms with E-state index < -0.39 is 9.84 Å². The number of hydrogen-bond acceptors (Lipinski definition) is 4. The van der Waals surface area contributed by atoms with Crippen LogP contribution in [0.15, 0.2) is 35.6 Å². The molecule has 2 aromatic rings. The Balaban J connectivity index is 1.91. The number of nitrogens with one attached hydrogen (secondary N) is 1. The quantitative estimate of drug-likeness (QED) is 0.637. The van der Waals surface area contributed by atoms with Crippen LogP contribution in [0.3, 0.4) is 0 Å². The fraction of sp³-hybridized carbons (Fsp3) is 0.583. The second kappa shape index (κ2) is 9.25. The van der Waals surface area contributed by atoms with E-state index in [2.05, 4.69) is 10.3 Å². The maximum Gasteiger partial charge on any atom is 0.318 e. The van der Waals surface area contributed by atoms with Crippen LogP contribution in [0.1, 0.15) is 64.3 Å². The van der Waals surface area contributed by atoms with Gasteiger partial charge in [0.05, 0.1) is 24.2 Å². The van der Waals surface area contributed by atoms with Gasteiger partial charge in [-0.05, 0) is 52.0 Å². The van der Waals surface area contributed by atoms with Gasteiger partial charge in [0.1, 0.15) is 0 Å². The van der Waals surface area contributed by atoms with Gasteiger partial charge in [0, 0.05) is 18.1 Å². The monoisotopic (exact) mass is 460 g/mol. The summed E-state index contributed by atoms with van der Waals surface area (Å²) in [6, 6.07) is 7.59. The van der Waals surface area contributed by atoms with Crippen LogP contribution in [0.2, 0.25) is 0 Å². The molecule has 1 fully saturated rings. The molecule has 1 saturated carbocycles.